The molecule has 1 amide bonds. The highest BCUT2D eigenvalue weighted by atomic mass is 35.5. The summed E-state index contributed by atoms with van der Waals surface area (Å²) < 4.78 is 1.81. The monoisotopic (exact) mass is 334 g/mol. The van der Waals surface area contributed by atoms with E-state index in [0.717, 1.165) is 30.8 Å². The second-order valence-corrected chi connectivity index (χ2v) is 5.94. The molecule has 2 heterocycles. The van der Waals surface area contributed by atoms with Crippen LogP contribution in [0.25, 0.3) is 5.69 Å². The molecular weight excluding hydrogens is 312 g/mol. The number of carbonyl (C=O) groups is 1. The normalized spacial score (nSPS) is 20.6. The van der Waals surface area contributed by atoms with Gasteiger partial charge >= 0.3 is 0 Å². The number of hydrogen-bond acceptors (Lipinski definition) is 3. The number of nitrogens with one attached hydrogen (secondary N) is 2. The summed E-state index contributed by atoms with van der Waals surface area (Å²) in [4.78, 5) is 12.2. The Bertz CT molecular complexity index is 612. The van der Waals surface area contributed by atoms with Gasteiger partial charge in [0.2, 0.25) is 5.91 Å². The number of amides is 1. The zero-order chi connectivity index (χ0) is 15.4. The van der Waals surface area contributed by atoms with Crippen molar-refractivity contribution in [3.05, 3.63) is 48.3 Å². The molecule has 6 heteroatoms. The number of hydrogen-bond donors (Lipinski definition) is 2. The summed E-state index contributed by atoms with van der Waals surface area (Å²) >= 11 is 0. The van der Waals surface area contributed by atoms with Crippen LogP contribution in [0.15, 0.2) is 42.7 Å². The number of piperidine rings is 1. The smallest absolute Gasteiger partial charge is 0.224 e. The van der Waals surface area contributed by atoms with Gasteiger partial charge in [-0.2, -0.15) is 5.10 Å². The van der Waals surface area contributed by atoms with Crippen molar-refractivity contribution in [1.82, 2.24) is 20.4 Å². The fourth-order valence-electron chi connectivity index (χ4n) is 2.86. The molecule has 1 fully saturated rings. The van der Waals surface area contributed by atoms with Crippen molar-refractivity contribution >= 4 is 18.3 Å². The fraction of sp³-hybridized carbons (Fsp3) is 0.412. The highest BCUT2D eigenvalue weighted by molar-refractivity contribution is 5.85. The molecule has 0 aliphatic carbocycles. The third kappa shape index (κ3) is 4.56. The number of carbonyl (C=O) groups excluding carboxylic acids is 1. The first-order valence-electron chi connectivity index (χ1n) is 7.81. The van der Waals surface area contributed by atoms with Gasteiger partial charge in [0.1, 0.15) is 0 Å². The Morgan fingerprint density at radius 3 is 2.83 bits per heavy atom. The van der Waals surface area contributed by atoms with E-state index >= 15 is 0 Å². The lowest BCUT2D eigenvalue weighted by Gasteiger charge is -2.30. The van der Waals surface area contributed by atoms with Crippen LogP contribution in [-0.4, -0.2) is 34.8 Å². The van der Waals surface area contributed by atoms with Crippen LogP contribution in [-0.2, 0) is 11.2 Å². The highest BCUT2D eigenvalue weighted by Crippen LogP contribution is 2.12. The van der Waals surface area contributed by atoms with Gasteiger partial charge in [0.05, 0.1) is 12.1 Å². The molecule has 0 radical (unpaired) electrons. The van der Waals surface area contributed by atoms with Gasteiger partial charge in [0.25, 0.3) is 0 Å². The van der Waals surface area contributed by atoms with E-state index in [1.165, 1.54) is 0 Å². The third-order valence-corrected chi connectivity index (χ3v) is 4.20. The van der Waals surface area contributed by atoms with Gasteiger partial charge in [-0.05, 0) is 49.2 Å². The minimum absolute atomic E-state index is 0. The van der Waals surface area contributed by atoms with Gasteiger partial charge in [-0.1, -0.05) is 19.1 Å². The van der Waals surface area contributed by atoms with Crippen LogP contribution < -0.4 is 10.6 Å². The Hall–Kier alpha value is -1.85. The van der Waals surface area contributed by atoms with Crippen LogP contribution in [0, 0.1) is 5.92 Å². The average molecular weight is 335 g/mol. The summed E-state index contributed by atoms with van der Waals surface area (Å²) in [5.41, 5.74) is 2.02. The molecule has 0 spiro atoms. The quantitative estimate of drug-likeness (QED) is 0.898. The van der Waals surface area contributed by atoms with Gasteiger partial charge in [-0.25, -0.2) is 4.68 Å². The Balaban J connectivity index is 0.00000192. The second-order valence-electron chi connectivity index (χ2n) is 5.94. The molecule has 0 saturated carbocycles. The topological polar surface area (TPSA) is 58.9 Å². The molecule has 2 unspecified atom stereocenters. The first-order chi connectivity index (χ1) is 10.7. The predicted octanol–water partition coefficient (Wildman–Crippen LogP) is 1.95. The third-order valence-electron chi connectivity index (χ3n) is 4.20. The van der Waals surface area contributed by atoms with Crippen LogP contribution in [0.4, 0.5) is 0 Å². The lowest BCUT2D eigenvalue weighted by molar-refractivity contribution is -0.121. The van der Waals surface area contributed by atoms with E-state index < -0.39 is 0 Å². The molecular formula is C17H23ClN4O. The van der Waals surface area contributed by atoms with Gasteiger partial charge in [-0.3, -0.25) is 4.79 Å². The minimum Gasteiger partial charge on any atom is -0.353 e. The summed E-state index contributed by atoms with van der Waals surface area (Å²) in [6.07, 6.45) is 5.09. The molecule has 1 aliphatic heterocycles. The van der Waals surface area contributed by atoms with Gasteiger partial charge < -0.3 is 10.6 Å². The van der Waals surface area contributed by atoms with Crippen LogP contribution in [0.5, 0.6) is 0 Å². The summed E-state index contributed by atoms with van der Waals surface area (Å²) in [5.74, 6) is 0.588. The highest BCUT2D eigenvalue weighted by Gasteiger charge is 2.22. The van der Waals surface area contributed by atoms with E-state index in [9.17, 15) is 4.79 Å². The molecule has 2 atom stereocenters. The van der Waals surface area contributed by atoms with E-state index in [1.807, 2.05) is 36.5 Å². The van der Waals surface area contributed by atoms with Crippen molar-refractivity contribution in [1.29, 1.82) is 0 Å². The van der Waals surface area contributed by atoms with E-state index in [0.29, 0.717) is 12.3 Å². The van der Waals surface area contributed by atoms with Crippen LogP contribution in [0.1, 0.15) is 18.9 Å². The number of rotatable bonds is 4. The number of nitrogens with zero attached hydrogens (tertiary/aromatic N) is 2. The van der Waals surface area contributed by atoms with E-state index in [1.54, 1.807) is 10.9 Å². The van der Waals surface area contributed by atoms with Crippen molar-refractivity contribution in [3.63, 3.8) is 0 Å². The first-order valence-corrected chi connectivity index (χ1v) is 7.81. The Morgan fingerprint density at radius 2 is 2.17 bits per heavy atom. The van der Waals surface area contributed by atoms with Crippen molar-refractivity contribution < 1.29 is 4.79 Å². The van der Waals surface area contributed by atoms with Gasteiger partial charge in [0, 0.05) is 18.4 Å². The Morgan fingerprint density at radius 1 is 1.39 bits per heavy atom. The van der Waals surface area contributed by atoms with Crippen molar-refractivity contribution in [2.24, 2.45) is 5.92 Å². The summed E-state index contributed by atoms with van der Waals surface area (Å²) in [6, 6.07) is 10.1. The predicted molar refractivity (Wildman–Crippen MR) is 93.1 cm³/mol. The summed E-state index contributed by atoms with van der Waals surface area (Å²) in [5, 5.41) is 10.7. The number of halogens is 1. The lowest BCUT2D eigenvalue weighted by atomic mass is 9.95. The average Bonchev–Trinajstić information content (AvgIpc) is 3.05. The van der Waals surface area contributed by atoms with Crippen molar-refractivity contribution in [2.75, 3.05) is 13.1 Å². The number of benzene rings is 1. The van der Waals surface area contributed by atoms with E-state index in [4.69, 9.17) is 0 Å². The molecule has 3 rings (SSSR count). The van der Waals surface area contributed by atoms with Crippen molar-refractivity contribution in [3.8, 4) is 5.69 Å². The zero-order valence-corrected chi connectivity index (χ0v) is 14.1. The van der Waals surface area contributed by atoms with Crippen LogP contribution in [0.3, 0.4) is 0 Å². The molecule has 1 aliphatic rings. The number of aromatic nitrogens is 2. The van der Waals surface area contributed by atoms with Crippen molar-refractivity contribution in [2.45, 2.75) is 25.8 Å². The lowest BCUT2D eigenvalue weighted by Crippen LogP contribution is -2.48. The maximum absolute atomic E-state index is 12.2. The zero-order valence-electron chi connectivity index (χ0n) is 13.2. The summed E-state index contributed by atoms with van der Waals surface area (Å²) in [7, 11) is 0. The summed E-state index contributed by atoms with van der Waals surface area (Å²) in [6.45, 7) is 4.13. The van der Waals surface area contributed by atoms with Gasteiger partial charge in [0.15, 0.2) is 0 Å². The molecule has 1 aromatic carbocycles. The second kappa shape index (κ2) is 8.13. The first kappa shape index (κ1) is 17.5. The fourth-order valence-corrected chi connectivity index (χ4v) is 2.86. The van der Waals surface area contributed by atoms with Crippen LogP contribution in [0.2, 0.25) is 0 Å². The SMILES string of the molecule is CC1CNCCC1NC(=O)Cc1ccc(-n2cccn2)cc1.Cl. The largest absolute Gasteiger partial charge is 0.353 e. The molecule has 5 nitrogen and oxygen atoms in total. The van der Waals surface area contributed by atoms with E-state index in [2.05, 4.69) is 22.7 Å². The molecule has 1 saturated heterocycles. The van der Waals surface area contributed by atoms with E-state index in [-0.39, 0.29) is 24.4 Å². The maximum Gasteiger partial charge on any atom is 0.224 e. The van der Waals surface area contributed by atoms with Crippen LogP contribution >= 0.6 is 12.4 Å². The molecule has 124 valence electrons. The maximum atomic E-state index is 12.2. The molecule has 1 aromatic heterocycles. The standard InChI is InChI=1S/C17H22N4O.ClH/c1-13-12-18-9-7-16(13)20-17(22)11-14-3-5-15(6-4-14)21-10-2-8-19-21;/h2-6,8,10,13,16,18H,7,9,11-12H2,1H3,(H,20,22);1H. The molecule has 0 bridgehead atoms. The molecule has 23 heavy (non-hydrogen) atoms. The Kier molecular flexibility index (Phi) is 6.19. The Labute approximate surface area is 142 Å². The molecule has 2 aromatic rings. The minimum atomic E-state index is 0. The van der Waals surface area contributed by atoms with Gasteiger partial charge in [-0.15, -0.1) is 12.4 Å². The molecule has 2 N–H and O–H groups in total.